The zero-order chi connectivity index (χ0) is 13.7. The number of para-hydroxylation sites is 1. The van der Waals surface area contributed by atoms with E-state index in [2.05, 4.69) is 36.4 Å². The van der Waals surface area contributed by atoms with Crippen molar-refractivity contribution in [2.24, 2.45) is 0 Å². The fourth-order valence-corrected chi connectivity index (χ4v) is 2.14. The molecule has 0 spiro atoms. The van der Waals surface area contributed by atoms with Gasteiger partial charge in [0, 0.05) is 31.5 Å². The Balaban J connectivity index is 2.16. The van der Waals surface area contributed by atoms with Crippen LogP contribution < -0.4 is 5.32 Å². The summed E-state index contributed by atoms with van der Waals surface area (Å²) >= 11 is 0. The summed E-state index contributed by atoms with van der Waals surface area (Å²) in [5, 5.41) is 8.00. The summed E-state index contributed by atoms with van der Waals surface area (Å²) in [6.45, 7) is 6.57. The first kappa shape index (κ1) is 13.8. The van der Waals surface area contributed by atoms with E-state index in [1.54, 1.807) is 7.11 Å². The molecule has 19 heavy (non-hydrogen) atoms. The van der Waals surface area contributed by atoms with Crippen LogP contribution in [-0.4, -0.2) is 30.0 Å². The molecule has 0 saturated carbocycles. The Hall–Kier alpha value is -1.65. The first-order valence-corrected chi connectivity index (χ1v) is 6.54. The van der Waals surface area contributed by atoms with Crippen LogP contribution in [0.1, 0.15) is 17.0 Å². The molecule has 0 radical (unpaired) electrons. The van der Waals surface area contributed by atoms with E-state index in [1.807, 2.05) is 22.9 Å². The monoisotopic (exact) mass is 259 g/mol. The summed E-state index contributed by atoms with van der Waals surface area (Å²) in [7, 11) is 1.71. The molecule has 0 saturated heterocycles. The molecule has 102 valence electrons. The standard InChI is InChI=1S/C15H21N3O/c1-12-15(11-16-9-10-19-3)13(2)18(17-12)14-7-5-4-6-8-14/h4-8,16H,9-11H2,1-3H3. The highest BCUT2D eigenvalue weighted by molar-refractivity contribution is 5.36. The predicted molar refractivity (Wildman–Crippen MR) is 76.6 cm³/mol. The molecular weight excluding hydrogens is 238 g/mol. The van der Waals surface area contributed by atoms with E-state index in [0.29, 0.717) is 0 Å². The Labute approximate surface area is 114 Å². The molecule has 2 rings (SSSR count). The largest absolute Gasteiger partial charge is 0.383 e. The maximum Gasteiger partial charge on any atom is 0.0648 e. The minimum atomic E-state index is 0.727. The van der Waals surface area contributed by atoms with Gasteiger partial charge in [0.25, 0.3) is 0 Å². The first-order chi connectivity index (χ1) is 9.24. The minimum Gasteiger partial charge on any atom is -0.383 e. The van der Waals surface area contributed by atoms with Crippen LogP contribution in [0.4, 0.5) is 0 Å². The highest BCUT2D eigenvalue weighted by Gasteiger charge is 2.11. The van der Waals surface area contributed by atoms with E-state index in [-0.39, 0.29) is 0 Å². The number of ether oxygens (including phenoxy) is 1. The Morgan fingerprint density at radius 2 is 1.95 bits per heavy atom. The molecule has 0 amide bonds. The van der Waals surface area contributed by atoms with E-state index in [1.165, 1.54) is 11.3 Å². The third-order valence-electron chi connectivity index (χ3n) is 3.23. The van der Waals surface area contributed by atoms with Crippen molar-refractivity contribution in [3.63, 3.8) is 0 Å². The summed E-state index contributed by atoms with van der Waals surface area (Å²) in [5.41, 5.74) is 4.63. The SMILES string of the molecule is COCCNCc1c(C)nn(-c2ccccc2)c1C. The van der Waals surface area contributed by atoms with Crippen LogP contribution in [0.5, 0.6) is 0 Å². The molecule has 0 atom stereocenters. The highest BCUT2D eigenvalue weighted by Crippen LogP contribution is 2.17. The number of hydrogen-bond donors (Lipinski definition) is 1. The van der Waals surface area contributed by atoms with Crippen LogP contribution in [0.25, 0.3) is 5.69 Å². The molecule has 1 aromatic carbocycles. The molecular formula is C15H21N3O. The topological polar surface area (TPSA) is 39.1 Å². The van der Waals surface area contributed by atoms with E-state index < -0.39 is 0 Å². The van der Waals surface area contributed by atoms with Crippen LogP contribution in [-0.2, 0) is 11.3 Å². The summed E-state index contributed by atoms with van der Waals surface area (Å²) in [6.07, 6.45) is 0. The van der Waals surface area contributed by atoms with Crippen LogP contribution in [0.2, 0.25) is 0 Å². The van der Waals surface area contributed by atoms with Crippen molar-refractivity contribution in [3.8, 4) is 5.69 Å². The number of rotatable bonds is 6. The van der Waals surface area contributed by atoms with Gasteiger partial charge in [-0.05, 0) is 26.0 Å². The summed E-state index contributed by atoms with van der Waals surface area (Å²) < 4.78 is 7.03. The van der Waals surface area contributed by atoms with Crippen molar-refractivity contribution in [1.82, 2.24) is 15.1 Å². The van der Waals surface area contributed by atoms with Gasteiger partial charge >= 0.3 is 0 Å². The normalized spacial score (nSPS) is 10.9. The van der Waals surface area contributed by atoms with E-state index in [0.717, 1.165) is 31.1 Å². The Bertz CT molecular complexity index is 520. The zero-order valence-corrected chi connectivity index (χ0v) is 11.8. The number of hydrogen-bond acceptors (Lipinski definition) is 3. The minimum absolute atomic E-state index is 0.727. The average Bonchev–Trinajstić information content (AvgIpc) is 2.72. The van der Waals surface area contributed by atoms with E-state index in [4.69, 9.17) is 4.74 Å². The number of nitrogens with one attached hydrogen (secondary N) is 1. The van der Waals surface area contributed by atoms with Gasteiger partial charge in [-0.25, -0.2) is 4.68 Å². The van der Waals surface area contributed by atoms with Gasteiger partial charge in [-0.2, -0.15) is 5.10 Å². The molecule has 2 aromatic rings. The van der Waals surface area contributed by atoms with Gasteiger partial charge in [-0.1, -0.05) is 18.2 Å². The van der Waals surface area contributed by atoms with Crippen molar-refractivity contribution in [2.45, 2.75) is 20.4 Å². The molecule has 1 N–H and O–H groups in total. The van der Waals surface area contributed by atoms with Gasteiger partial charge in [0.2, 0.25) is 0 Å². The third-order valence-corrected chi connectivity index (χ3v) is 3.23. The fraction of sp³-hybridized carbons (Fsp3) is 0.400. The molecule has 1 heterocycles. The number of nitrogens with zero attached hydrogens (tertiary/aromatic N) is 2. The fourth-order valence-electron chi connectivity index (χ4n) is 2.14. The second-order valence-electron chi connectivity index (χ2n) is 4.57. The Morgan fingerprint density at radius 1 is 1.21 bits per heavy atom. The lowest BCUT2D eigenvalue weighted by Crippen LogP contribution is -2.19. The molecule has 0 aliphatic rings. The maximum atomic E-state index is 5.03. The van der Waals surface area contributed by atoms with Crippen molar-refractivity contribution in [1.29, 1.82) is 0 Å². The summed E-state index contributed by atoms with van der Waals surface area (Å²) in [4.78, 5) is 0. The highest BCUT2D eigenvalue weighted by atomic mass is 16.5. The second-order valence-corrected chi connectivity index (χ2v) is 4.57. The van der Waals surface area contributed by atoms with Gasteiger partial charge in [0.1, 0.15) is 0 Å². The van der Waals surface area contributed by atoms with Crippen molar-refractivity contribution in [2.75, 3.05) is 20.3 Å². The van der Waals surface area contributed by atoms with Gasteiger partial charge in [-0.15, -0.1) is 0 Å². The van der Waals surface area contributed by atoms with Crippen LogP contribution in [0, 0.1) is 13.8 Å². The molecule has 4 heteroatoms. The van der Waals surface area contributed by atoms with Gasteiger partial charge in [0.05, 0.1) is 18.0 Å². The van der Waals surface area contributed by atoms with Crippen LogP contribution in [0.15, 0.2) is 30.3 Å². The molecule has 0 aliphatic heterocycles. The zero-order valence-electron chi connectivity index (χ0n) is 11.8. The van der Waals surface area contributed by atoms with Gasteiger partial charge in [-0.3, -0.25) is 0 Å². The Kier molecular flexibility index (Phi) is 4.71. The first-order valence-electron chi connectivity index (χ1n) is 6.54. The van der Waals surface area contributed by atoms with Crippen LogP contribution in [0.3, 0.4) is 0 Å². The van der Waals surface area contributed by atoms with Crippen molar-refractivity contribution in [3.05, 3.63) is 47.3 Å². The molecule has 1 aromatic heterocycles. The van der Waals surface area contributed by atoms with Crippen molar-refractivity contribution < 1.29 is 4.74 Å². The third kappa shape index (κ3) is 3.22. The Morgan fingerprint density at radius 3 is 2.63 bits per heavy atom. The average molecular weight is 259 g/mol. The quantitative estimate of drug-likeness (QED) is 0.809. The number of aromatic nitrogens is 2. The van der Waals surface area contributed by atoms with E-state index in [9.17, 15) is 0 Å². The predicted octanol–water partition coefficient (Wildman–Crippen LogP) is 2.23. The maximum absolute atomic E-state index is 5.03. The number of aryl methyl sites for hydroxylation is 1. The smallest absolute Gasteiger partial charge is 0.0648 e. The lowest BCUT2D eigenvalue weighted by molar-refractivity contribution is 0.199. The lowest BCUT2D eigenvalue weighted by Gasteiger charge is -2.06. The number of benzene rings is 1. The van der Waals surface area contributed by atoms with E-state index >= 15 is 0 Å². The second kappa shape index (κ2) is 6.50. The molecule has 0 bridgehead atoms. The van der Waals surface area contributed by atoms with Crippen LogP contribution >= 0.6 is 0 Å². The van der Waals surface area contributed by atoms with Gasteiger partial charge in [0.15, 0.2) is 0 Å². The molecule has 0 aliphatic carbocycles. The molecule has 0 unspecified atom stereocenters. The lowest BCUT2D eigenvalue weighted by atomic mass is 10.2. The molecule has 4 nitrogen and oxygen atoms in total. The number of methoxy groups -OCH3 is 1. The van der Waals surface area contributed by atoms with Crippen molar-refractivity contribution >= 4 is 0 Å². The summed E-state index contributed by atoms with van der Waals surface area (Å²) in [6, 6.07) is 10.2. The van der Waals surface area contributed by atoms with Gasteiger partial charge < -0.3 is 10.1 Å². The summed E-state index contributed by atoms with van der Waals surface area (Å²) in [5.74, 6) is 0. The molecule has 0 fully saturated rings.